The van der Waals surface area contributed by atoms with Crippen LogP contribution in [-0.4, -0.2) is 22.2 Å². The molecular weight excluding hydrogens is 544 g/mol. The predicted octanol–water partition coefficient (Wildman–Crippen LogP) is 13.2. The summed E-state index contributed by atoms with van der Waals surface area (Å²) in [7, 11) is 0. The highest BCUT2D eigenvalue weighted by Gasteiger charge is 2.28. The van der Waals surface area contributed by atoms with Crippen LogP contribution in [0.3, 0.4) is 0 Å². The number of rotatable bonds is 32. The Morgan fingerprint density at radius 3 is 1.27 bits per heavy atom. The summed E-state index contributed by atoms with van der Waals surface area (Å²) in [6.45, 7) is 4.52. The maximum absolute atomic E-state index is 11.2. The summed E-state index contributed by atoms with van der Waals surface area (Å²) < 4.78 is 0. The Morgan fingerprint density at radius 1 is 0.545 bits per heavy atom. The first-order valence-electron chi connectivity index (χ1n) is 19.3. The Labute approximate surface area is 274 Å². The van der Waals surface area contributed by atoms with Gasteiger partial charge in [-0.15, -0.1) is 0 Å². The van der Waals surface area contributed by atoms with Crippen LogP contribution < -0.4 is 0 Å². The third-order valence-electron chi connectivity index (χ3n) is 8.88. The van der Waals surface area contributed by atoms with Crippen molar-refractivity contribution in [1.29, 1.82) is 0 Å². The highest BCUT2D eigenvalue weighted by molar-refractivity contribution is 5.69. The standard InChI is InChI=1S/C22H40O2.C18H34O2/c1-2-3-4-5-6-7-8-9-10-11-12-13-14-15-16-21(22(23)24)19-20-17-18-20;1-2-3-4-5-6-7-8-9-10-11-12-13-14-15-16-17-18(19)20/h9-10,20-21H,2-8,11-19H2,1H3,(H,23,24);9-10H,2-8,11-17H2,1H3,(H,19,20)/b;10-9-. The molecule has 4 heteroatoms. The Hall–Kier alpha value is -1.58. The first kappa shape index (κ1) is 42.4. The molecule has 0 heterocycles. The zero-order chi connectivity index (χ0) is 32.4. The first-order valence-corrected chi connectivity index (χ1v) is 19.3. The summed E-state index contributed by atoms with van der Waals surface area (Å²) in [6, 6.07) is 0. The van der Waals surface area contributed by atoms with Gasteiger partial charge in [0.2, 0.25) is 0 Å². The topological polar surface area (TPSA) is 74.6 Å². The van der Waals surface area contributed by atoms with Gasteiger partial charge in [0.1, 0.15) is 0 Å². The van der Waals surface area contributed by atoms with E-state index in [1.54, 1.807) is 0 Å². The number of carboxylic acid groups (broad SMARTS) is 2. The fourth-order valence-corrected chi connectivity index (χ4v) is 5.73. The van der Waals surface area contributed by atoms with Gasteiger partial charge in [0.25, 0.3) is 0 Å². The van der Waals surface area contributed by atoms with E-state index in [1.807, 2.05) is 0 Å². The van der Waals surface area contributed by atoms with Crippen LogP contribution in [0.15, 0.2) is 24.3 Å². The van der Waals surface area contributed by atoms with Gasteiger partial charge in [-0.1, -0.05) is 154 Å². The molecule has 44 heavy (non-hydrogen) atoms. The molecular formula is C40H74O4. The van der Waals surface area contributed by atoms with Crippen LogP contribution in [-0.2, 0) is 9.59 Å². The van der Waals surface area contributed by atoms with Crippen LogP contribution in [0.5, 0.6) is 0 Å². The lowest BCUT2D eigenvalue weighted by atomic mass is 9.95. The molecule has 0 saturated heterocycles. The molecule has 1 unspecified atom stereocenters. The fourth-order valence-electron chi connectivity index (χ4n) is 5.73. The van der Waals surface area contributed by atoms with Gasteiger partial charge >= 0.3 is 11.9 Å². The molecule has 2 N–H and O–H groups in total. The lowest BCUT2D eigenvalue weighted by Gasteiger charge is -2.11. The Kier molecular flexibility index (Phi) is 33.1. The van der Waals surface area contributed by atoms with E-state index >= 15 is 0 Å². The Balaban J connectivity index is 0.000000856. The average molecular weight is 619 g/mol. The maximum atomic E-state index is 11.2. The van der Waals surface area contributed by atoms with Crippen molar-refractivity contribution in [3.63, 3.8) is 0 Å². The van der Waals surface area contributed by atoms with E-state index in [4.69, 9.17) is 5.11 Å². The molecule has 0 spiro atoms. The largest absolute Gasteiger partial charge is 0.481 e. The number of aliphatic carboxylic acids is 2. The fraction of sp³-hybridized carbons (Fsp3) is 0.850. The number of hydrogen-bond donors (Lipinski definition) is 2. The lowest BCUT2D eigenvalue weighted by molar-refractivity contribution is -0.142. The Bertz CT molecular complexity index is 679. The molecule has 0 aromatic rings. The number of carbonyl (C=O) groups is 2. The molecule has 258 valence electrons. The number of unbranched alkanes of at least 4 members (excludes halogenated alkanes) is 21. The summed E-state index contributed by atoms with van der Waals surface area (Å²) in [5, 5.41) is 17.8. The van der Waals surface area contributed by atoms with Crippen LogP contribution >= 0.6 is 0 Å². The molecule has 1 aliphatic rings. The van der Waals surface area contributed by atoms with Crippen LogP contribution in [0.2, 0.25) is 0 Å². The highest BCUT2D eigenvalue weighted by Crippen LogP contribution is 2.36. The minimum absolute atomic E-state index is 0.0743. The molecule has 1 fully saturated rings. The monoisotopic (exact) mass is 619 g/mol. The second-order valence-electron chi connectivity index (χ2n) is 13.5. The summed E-state index contributed by atoms with van der Waals surface area (Å²) >= 11 is 0. The van der Waals surface area contributed by atoms with Gasteiger partial charge in [-0.3, -0.25) is 9.59 Å². The van der Waals surface area contributed by atoms with Crippen molar-refractivity contribution < 1.29 is 19.8 Å². The normalized spacial score (nSPS) is 13.8. The van der Waals surface area contributed by atoms with E-state index in [9.17, 15) is 14.7 Å². The molecule has 0 amide bonds. The van der Waals surface area contributed by atoms with Gasteiger partial charge in [-0.05, 0) is 76.5 Å². The van der Waals surface area contributed by atoms with E-state index < -0.39 is 11.9 Å². The summed E-state index contributed by atoms with van der Waals surface area (Å²) in [5.74, 6) is -0.584. The van der Waals surface area contributed by atoms with E-state index in [0.29, 0.717) is 6.42 Å². The smallest absolute Gasteiger partial charge is 0.306 e. The van der Waals surface area contributed by atoms with Gasteiger partial charge in [0, 0.05) is 6.42 Å². The van der Waals surface area contributed by atoms with Crippen molar-refractivity contribution in [2.75, 3.05) is 0 Å². The molecule has 0 aliphatic heterocycles. The van der Waals surface area contributed by atoms with E-state index in [0.717, 1.165) is 38.0 Å². The SMILES string of the molecule is CCCCCCCC/C=C\CCCCCCCC(=O)O.CCCCCCCCC=CCCCCCCC(CC1CC1)C(=O)O. The van der Waals surface area contributed by atoms with Gasteiger partial charge in [-0.2, -0.15) is 0 Å². The second kappa shape index (κ2) is 34.3. The quantitative estimate of drug-likeness (QED) is 0.0581. The molecule has 0 radical (unpaired) electrons. The van der Waals surface area contributed by atoms with Gasteiger partial charge < -0.3 is 10.2 Å². The predicted molar refractivity (Wildman–Crippen MR) is 190 cm³/mol. The lowest BCUT2D eigenvalue weighted by Crippen LogP contribution is -2.14. The zero-order valence-corrected chi connectivity index (χ0v) is 29.4. The van der Waals surface area contributed by atoms with E-state index in [2.05, 4.69) is 38.2 Å². The molecule has 0 bridgehead atoms. The molecule has 1 atom stereocenters. The minimum Gasteiger partial charge on any atom is -0.481 e. The summed E-state index contributed by atoms with van der Waals surface area (Å²) in [4.78, 5) is 21.5. The van der Waals surface area contributed by atoms with Crippen molar-refractivity contribution in [2.24, 2.45) is 11.8 Å². The molecule has 0 aromatic carbocycles. The van der Waals surface area contributed by atoms with Crippen molar-refractivity contribution in [3.05, 3.63) is 24.3 Å². The number of hydrogen-bond acceptors (Lipinski definition) is 2. The summed E-state index contributed by atoms with van der Waals surface area (Å²) in [5.41, 5.74) is 0. The Morgan fingerprint density at radius 2 is 0.909 bits per heavy atom. The van der Waals surface area contributed by atoms with E-state index in [1.165, 1.54) is 154 Å². The molecule has 1 saturated carbocycles. The van der Waals surface area contributed by atoms with Crippen molar-refractivity contribution in [2.45, 2.75) is 206 Å². The molecule has 1 rings (SSSR count). The zero-order valence-electron chi connectivity index (χ0n) is 29.4. The van der Waals surface area contributed by atoms with E-state index in [-0.39, 0.29) is 5.92 Å². The molecule has 0 aromatic heterocycles. The minimum atomic E-state index is -0.664. The molecule has 1 aliphatic carbocycles. The number of carboxylic acids is 2. The highest BCUT2D eigenvalue weighted by atomic mass is 16.4. The second-order valence-corrected chi connectivity index (χ2v) is 13.5. The number of allylic oxidation sites excluding steroid dienone is 4. The third-order valence-corrected chi connectivity index (χ3v) is 8.88. The van der Waals surface area contributed by atoms with Gasteiger partial charge in [0.05, 0.1) is 5.92 Å². The van der Waals surface area contributed by atoms with Crippen molar-refractivity contribution in [3.8, 4) is 0 Å². The average Bonchev–Trinajstić information content (AvgIpc) is 3.83. The van der Waals surface area contributed by atoms with Gasteiger partial charge in [-0.25, -0.2) is 0 Å². The third kappa shape index (κ3) is 34.9. The van der Waals surface area contributed by atoms with Crippen molar-refractivity contribution >= 4 is 11.9 Å². The van der Waals surface area contributed by atoms with Crippen molar-refractivity contribution in [1.82, 2.24) is 0 Å². The molecule has 4 nitrogen and oxygen atoms in total. The van der Waals surface area contributed by atoms with Crippen LogP contribution in [0, 0.1) is 11.8 Å². The van der Waals surface area contributed by atoms with Crippen LogP contribution in [0.25, 0.3) is 0 Å². The maximum Gasteiger partial charge on any atom is 0.306 e. The first-order chi connectivity index (χ1) is 21.5. The van der Waals surface area contributed by atoms with Crippen LogP contribution in [0.4, 0.5) is 0 Å². The summed E-state index contributed by atoms with van der Waals surface area (Å²) in [6.07, 6.45) is 45.8. The van der Waals surface area contributed by atoms with Crippen LogP contribution in [0.1, 0.15) is 206 Å². The van der Waals surface area contributed by atoms with Gasteiger partial charge in [0.15, 0.2) is 0 Å².